The van der Waals surface area contributed by atoms with E-state index in [0.717, 1.165) is 18.4 Å². The zero-order valence-corrected chi connectivity index (χ0v) is 14.1. The van der Waals surface area contributed by atoms with E-state index >= 15 is 0 Å². The van der Waals surface area contributed by atoms with E-state index in [1.807, 2.05) is 12.3 Å². The summed E-state index contributed by atoms with van der Waals surface area (Å²) >= 11 is 6.44. The van der Waals surface area contributed by atoms with E-state index in [-0.39, 0.29) is 0 Å². The molecule has 0 amide bonds. The molecule has 114 valence electrons. The van der Waals surface area contributed by atoms with Crippen LogP contribution in [-0.4, -0.2) is 15.9 Å². The first kappa shape index (κ1) is 15.1. The smallest absolute Gasteiger partial charge is 0.0682 e. The van der Waals surface area contributed by atoms with Crippen molar-refractivity contribution < 1.29 is 0 Å². The average Bonchev–Trinajstić information content (AvgIpc) is 3.09. The van der Waals surface area contributed by atoms with E-state index in [0.29, 0.717) is 11.1 Å². The number of nitrogens with zero attached hydrogens (tertiary/aromatic N) is 2. The predicted molar refractivity (Wildman–Crippen MR) is 93.4 cm³/mol. The molecule has 2 heterocycles. The molecular weight excluding hydrogens is 292 g/mol. The van der Waals surface area contributed by atoms with Crippen molar-refractivity contribution in [1.29, 1.82) is 0 Å². The zero-order chi connectivity index (χ0) is 15.7. The SMILES string of the molecule is CC(C)=CN1C(c2ccncc2Cl)=C(C2=CCC=C2)CC1C. The number of allylic oxidation sites excluding steroid dienone is 5. The van der Waals surface area contributed by atoms with Gasteiger partial charge in [0.1, 0.15) is 0 Å². The number of aromatic nitrogens is 1. The van der Waals surface area contributed by atoms with E-state index in [9.17, 15) is 0 Å². The molecule has 2 aliphatic rings. The van der Waals surface area contributed by atoms with Crippen LogP contribution >= 0.6 is 11.6 Å². The Kier molecular flexibility index (Phi) is 4.21. The Bertz CT molecular complexity index is 706. The molecule has 1 atom stereocenters. The van der Waals surface area contributed by atoms with Crippen LogP contribution in [0.25, 0.3) is 5.70 Å². The molecule has 1 unspecified atom stereocenters. The lowest BCUT2D eigenvalue weighted by molar-refractivity contribution is 0.435. The fraction of sp³-hybridized carbons (Fsp3) is 0.316. The summed E-state index contributed by atoms with van der Waals surface area (Å²) < 4.78 is 0. The molecule has 0 saturated heterocycles. The highest BCUT2D eigenvalue weighted by Gasteiger charge is 2.31. The van der Waals surface area contributed by atoms with E-state index < -0.39 is 0 Å². The van der Waals surface area contributed by atoms with Gasteiger partial charge in [-0.25, -0.2) is 0 Å². The summed E-state index contributed by atoms with van der Waals surface area (Å²) in [6.07, 6.45) is 14.6. The van der Waals surface area contributed by atoms with Gasteiger partial charge in [-0.15, -0.1) is 0 Å². The molecule has 1 aliphatic heterocycles. The third-order valence-corrected chi connectivity index (χ3v) is 4.36. The Morgan fingerprint density at radius 1 is 1.41 bits per heavy atom. The second-order valence-corrected chi connectivity index (χ2v) is 6.55. The van der Waals surface area contributed by atoms with E-state index in [1.54, 1.807) is 6.20 Å². The summed E-state index contributed by atoms with van der Waals surface area (Å²) in [6, 6.07) is 2.44. The first-order valence-corrected chi connectivity index (χ1v) is 8.09. The maximum absolute atomic E-state index is 6.44. The van der Waals surface area contributed by atoms with Crippen molar-refractivity contribution >= 4 is 17.3 Å². The van der Waals surface area contributed by atoms with Crippen LogP contribution in [0.2, 0.25) is 5.02 Å². The number of hydrogen-bond donors (Lipinski definition) is 0. The molecule has 0 bridgehead atoms. The lowest BCUT2D eigenvalue weighted by Crippen LogP contribution is -2.21. The first-order valence-electron chi connectivity index (χ1n) is 7.71. The van der Waals surface area contributed by atoms with Crippen molar-refractivity contribution in [2.24, 2.45) is 0 Å². The molecule has 22 heavy (non-hydrogen) atoms. The van der Waals surface area contributed by atoms with Crippen LogP contribution in [0.1, 0.15) is 39.2 Å². The normalized spacial score (nSPS) is 20.6. The van der Waals surface area contributed by atoms with Gasteiger partial charge in [-0.05, 0) is 50.8 Å². The van der Waals surface area contributed by atoms with Gasteiger partial charge >= 0.3 is 0 Å². The van der Waals surface area contributed by atoms with Crippen molar-refractivity contribution in [2.75, 3.05) is 0 Å². The molecule has 1 aromatic rings. The van der Waals surface area contributed by atoms with Crippen molar-refractivity contribution in [3.8, 4) is 0 Å². The molecule has 1 aliphatic carbocycles. The van der Waals surface area contributed by atoms with Gasteiger partial charge in [0.25, 0.3) is 0 Å². The summed E-state index contributed by atoms with van der Waals surface area (Å²) in [4.78, 5) is 6.49. The number of rotatable bonds is 3. The third kappa shape index (κ3) is 2.76. The summed E-state index contributed by atoms with van der Waals surface area (Å²) in [5.74, 6) is 0. The topological polar surface area (TPSA) is 16.1 Å². The molecule has 3 heteroatoms. The van der Waals surface area contributed by atoms with Gasteiger partial charge in [-0.2, -0.15) is 0 Å². The Hall–Kier alpha value is -1.80. The molecule has 0 saturated carbocycles. The maximum atomic E-state index is 6.44. The molecule has 0 spiro atoms. The lowest BCUT2D eigenvalue weighted by Gasteiger charge is -2.25. The Labute approximate surface area is 137 Å². The van der Waals surface area contributed by atoms with Gasteiger partial charge in [0.05, 0.1) is 10.7 Å². The molecule has 3 rings (SSSR count). The number of hydrogen-bond acceptors (Lipinski definition) is 2. The van der Waals surface area contributed by atoms with Gasteiger partial charge in [0, 0.05) is 30.2 Å². The molecule has 0 N–H and O–H groups in total. The first-order chi connectivity index (χ1) is 10.6. The van der Waals surface area contributed by atoms with Gasteiger partial charge in [-0.3, -0.25) is 4.98 Å². The van der Waals surface area contributed by atoms with Gasteiger partial charge < -0.3 is 4.90 Å². The molecule has 2 nitrogen and oxygen atoms in total. The molecule has 0 aromatic carbocycles. The lowest BCUT2D eigenvalue weighted by atomic mass is 9.99. The predicted octanol–water partition coefficient (Wildman–Crippen LogP) is 5.35. The Morgan fingerprint density at radius 2 is 2.23 bits per heavy atom. The molecule has 0 fully saturated rings. The van der Waals surface area contributed by atoms with E-state index in [1.165, 1.54) is 22.4 Å². The zero-order valence-electron chi connectivity index (χ0n) is 13.3. The average molecular weight is 313 g/mol. The highest BCUT2D eigenvalue weighted by molar-refractivity contribution is 6.32. The molecule has 1 aromatic heterocycles. The largest absolute Gasteiger partial charge is 0.344 e. The quantitative estimate of drug-likeness (QED) is 0.748. The van der Waals surface area contributed by atoms with Crippen molar-refractivity contribution in [2.45, 2.75) is 39.7 Å². The second kappa shape index (κ2) is 6.13. The summed E-state index contributed by atoms with van der Waals surface area (Å²) in [5, 5.41) is 0.707. The summed E-state index contributed by atoms with van der Waals surface area (Å²) in [6.45, 7) is 6.53. The van der Waals surface area contributed by atoms with Gasteiger partial charge in [-0.1, -0.05) is 35.4 Å². The summed E-state index contributed by atoms with van der Waals surface area (Å²) in [7, 11) is 0. The maximum Gasteiger partial charge on any atom is 0.0682 e. The van der Waals surface area contributed by atoms with Crippen LogP contribution in [0.15, 0.2) is 59.6 Å². The van der Waals surface area contributed by atoms with Crippen LogP contribution in [0.4, 0.5) is 0 Å². The molecule has 0 radical (unpaired) electrons. The van der Waals surface area contributed by atoms with Crippen LogP contribution < -0.4 is 0 Å². The van der Waals surface area contributed by atoms with Crippen LogP contribution in [0.5, 0.6) is 0 Å². The standard InChI is InChI=1S/C19H21ClN2/c1-13(2)12-22-14(3)10-17(15-6-4-5-7-15)19(22)16-8-9-21-11-18(16)20/h4,6-9,11-12,14H,5,10H2,1-3H3. The van der Waals surface area contributed by atoms with Crippen LogP contribution in [-0.2, 0) is 0 Å². The second-order valence-electron chi connectivity index (χ2n) is 6.15. The summed E-state index contributed by atoms with van der Waals surface area (Å²) in [5.41, 5.74) is 6.28. The Balaban J connectivity index is 2.19. The third-order valence-electron chi connectivity index (χ3n) is 4.06. The minimum absolute atomic E-state index is 0.430. The highest BCUT2D eigenvalue weighted by atomic mass is 35.5. The van der Waals surface area contributed by atoms with Crippen LogP contribution in [0, 0.1) is 0 Å². The van der Waals surface area contributed by atoms with E-state index in [2.05, 4.69) is 55.1 Å². The van der Waals surface area contributed by atoms with Crippen LogP contribution in [0.3, 0.4) is 0 Å². The highest BCUT2D eigenvalue weighted by Crippen LogP contribution is 2.42. The molecular formula is C19H21ClN2. The van der Waals surface area contributed by atoms with Gasteiger partial charge in [0.15, 0.2) is 0 Å². The van der Waals surface area contributed by atoms with Crippen molar-refractivity contribution in [1.82, 2.24) is 9.88 Å². The fourth-order valence-corrected chi connectivity index (χ4v) is 3.35. The minimum Gasteiger partial charge on any atom is -0.344 e. The van der Waals surface area contributed by atoms with E-state index in [4.69, 9.17) is 11.6 Å². The monoisotopic (exact) mass is 312 g/mol. The number of pyridine rings is 1. The minimum atomic E-state index is 0.430. The van der Waals surface area contributed by atoms with Crippen molar-refractivity contribution in [3.63, 3.8) is 0 Å². The number of halogens is 1. The Morgan fingerprint density at radius 3 is 2.86 bits per heavy atom. The van der Waals surface area contributed by atoms with Gasteiger partial charge in [0.2, 0.25) is 0 Å². The fourth-order valence-electron chi connectivity index (χ4n) is 3.14. The van der Waals surface area contributed by atoms with Crippen molar-refractivity contribution in [3.05, 3.63) is 70.2 Å².